The van der Waals surface area contributed by atoms with E-state index in [1.54, 1.807) is 11.2 Å². The summed E-state index contributed by atoms with van der Waals surface area (Å²) in [4.78, 5) is 57.2. The van der Waals surface area contributed by atoms with Crippen LogP contribution in [0.3, 0.4) is 0 Å². The molecule has 0 fully saturated rings. The van der Waals surface area contributed by atoms with Crippen molar-refractivity contribution in [3.63, 3.8) is 0 Å². The first-order valence-corrected chi connectivity index (χ1v) is 16.7. The van der Waals surface area contributed by atoms with Crippen molar-refractivity contribution in [1.82, 2.24) is 31.4 Å². The molecule has 0 bridgehead atoms. The number of aromatic nitrogens is 1. The first-order valence-electron chi connectivity index (χ1n) is 16.7. The van der Waals surface area contributed by atoms with E-state index in [9.17, 15) is 24.3 Å². The highest BCUT2D eigenvalue weighted by molar-refractivity contribution is 5.92. The van der Waals surface area contributed by atoms with Crippen LogP contribution in [0.2, 0.25) is 0 Å². The van der Waals surface area contributed by atoms with E-state index in [4.69, 9.17) is 4.74 Å². The zero-order chi connectivity index (χ0) is 37.1. The average Bonchev–Trinajstić information content (AvgIpc) is 3.08. The van der Waals surface area contributed by atoms with Crippen molar-refractivity contribution >= 4 is 23.8 Å². The number of methoxy groups -OCH3 is 1. The van der Waals surface area contributed by atoms with Gasteiger partial charge in [-0.05, 0) is 34.1 Å². The van der Waals surface area contributed by atoms with Gasteiger partial charge in [0.15, 0.2) is 0 Å². The zero-order valence-corrected chi connectivity index (χ0v) is 30.4. The third-order valence-corrected chi connectivity index (χ3v) is 8.34. The van der Waals surface area contributed by atoms with Gasteiger partial charge in [0.1, 0.15) is 17.7 Å². The van der Waals surface area contributed by atoms with E-state index in [1.165, 1.54) is 14.2 Å². The maximum Gasteiger partial charge on any atom is 0.407 e. The first kappa shape index (κ1) is 39.6. The maximum absolute atomic E-state index is 14.0. The number of pyridine rings is 1. The molecule has 12 nitrogen and oxygen atoms in total. The fourth-order valence-corrected chi connectivity index (χ4v) is 5.40. The summed E-state index contributed by atoms with van der Waals surface area (Å²) in [6.07, 6.45) is 0.809. The minimum absolute atomic E-state index is 0.0275. The van der Waals surface area contributed by atoms with E-state index in [1.807, 2.05) is 114 Å². The lowest BCUT2D eigenvalue weighted by atomic mass is 9.84. The molecule has 1 heterocycles. The monoisotopic (exact) mass is 688 g/mol. The van der Waals surface area contributed by atoms with Gasteiger partial charge in [-0.1, -0.05) is 102 Å². The Hall–Kier alpha value is -4.81. The van der Waals surface area contributed by atoms with Crippen LogP contribution in [0.5, 0.6) is 0 Å². The van der Waals surface area contributed by atoms with Crippen LogP contribution >= 0.6 is 0 Å². The number of amides is 4. The van der Waals surface area contributed by atoms with Gasteiger partial charge in [0.05, 0.1) is 12.8 Å². The molecule has 4 amide bonds. The number of benzene rings is 2. The predicted molar refractivity (Wildman–Crippen MR) is 192 cm³/mol. The Morgan fingerprint density at radius 2 is 1.40 bits per heavy atom. The summed E-state index contributed by atoms with van der Waals surface area (Å²) in [5.74, 6) is -1.60. The van der Waals surface area contributed by atoms with Gasteiger partial charge < -0.3 is 25.8 Å². The number of hydrogen-bond donors (Lipinski definition) is 5. The third-order valence-electron chi connectivity index (χ3n) is 8.34. The highest BCUT2D eigenvalue weighted by atomic mass is 16.5. The Balaban J connectivity index is 1.96. The summed E-state index contributed by atoms with van der Waals surface area (Å²) < 4.78 is 4.78. The molecular weight excluding hydrogens is 636 g/mol. The molecule has 5 N–H and O–H groups in total. The van der Waals surface area contributed by atoms with Crippen LogP contribution in [0.15, 0.2) is 79.0 Å². The van der Waals surface area contributed by atoms with Crippen LogP contribution in [0.4, 0.5) is 4.79 Å². The minimum Gasteiger partial charge on any atom is -0.453 e. The Labute approximate surface area is 295 Å². The van der Waals surface area contributed by atoms with E-state index >= 15 is 0 Å². The van der Waals surface area contributed by atoms with E-state index in [0.29, 0.717) is 5.56 Å². The molecule has 0 radical (unpaired) electrons. The number of hydrogen-bond acceptors (Lipinski definition) is 8. The number of nitrogens with one attached hydrogen (secondary N) is 4. The third kappa shape index (κ3) is 11.4. The van der Waals surface area contributed by atoms with E-state index in [0.717, 1.165) is 16.8 Å². The van der Waals surface area contributed by atoms with Gasteiger partial charge in [0.25, 0.3) is 11.8 Å². The molecule has 0 saturated heterocycles. The van der Waals surface area contributed by atoms with Gasteiger partial charge in [-0.25, -0.2) is 9.80 Å². The molecule has 0 saturated carbocycles. The molecule has 270 valence electrons. The largest absolute Gasteiger partial charge is 0.453 e. The van der Waals surface area contributed by atoms with Crippen molar-refractivity contribution in [2.45, 2.75) is 78.6 Å². The standard InChI is InChI=1S/C38H52N6O6/c1-36(2,3)30(32(45)39-7)41-34(47)38(49,24-26-14-10-9-11-15-26)21-23-44(43-33(46)31(37(4,5)6)42-35(48)50-8)25-27-17-19-28(20-18-27)29-16-12-13-22-40-29/h9-20,22,30-31,49H,21,23-25H2,1-8H3,(H,39,45)(H,41,47)(H,42,48)(H,43,46)/t30-,31-,38-/m1/s1. The van der Waals surface area contributed by atoms with Gasteiger partial charge in [-0.3, -0.25) is 24.8 Å². The highest BCUT2D eigenvalue weighted by Gasteiger charge is 2.42. The minimum atomic E-state index is -1.97. The molecule has 50 heavy (non-hydrogen) atoms. The fraction of sp³-hybridized carbons (Fsp3) is 0.447. The highest BCUT2D eigenvalue weighted by Crippen LogP contribution is 2.25. The van der Waals surface area contributed by atoms with Crippen molar-refractivity contribution < 1.29 is 29.0 Å². The molecule has 12 heteroatoms. The number of nitrogens with zero attached hydrogens (tertiary/aromatic N) is 2. The summed E-state index contributed by atoms with van der Waals surface area (Å²) in [6.45, 7) is 11.2. The first-order chi connectivity index (χ1) is 23.5. The van der Waals surface area contributed by atoms with E-state index in [2.05, 4.69) is 26.4 Å². The van der Waals surface area contributed by atoms with Crippen molar-refractivity contribution in [2.24, 2.45) is 10.8 Å². The average molecular weight is 689 g/mol. The van der Waals surface area contributed by atoms with Gasteiger partial charge in [0.2, 0.25) is 5.91 Å². The second-order valence-electron chi connectivity index (χ2n) is 14.6. The molecular formula is C38H52N6O6. The van der Waals surface area contributed by atoms with Gasteiger partial charge in [-0.2, -0.15) is 0 Å². The Morgan fingerprint density at radius 1 is 0.800 bits per heavy atom. The topological polar surface area (TPSA) is 162 Å². The van der Waals surface area contributed by atoms with Crippen LogP contribution in [0.25, 0.3) is 11.3 Å². The van der Waals surface area contributed by atoms with Gasteiger partial charge in [0, 0.05) is 44.7 Å². The van der Waals surface area contributed by atoms with Crippen molar-refractivity contribution in [3.05, 3.63) is 90.1 Å². The number of hydrazine groups is 1. The van der Waals surface area contributed by atoms with Crippen LogP contribution in [-0.2, 0) is 32.1 Å². The molecule has 0 aliphatic rings. The van der Waals surface area contributed by atoms with Crippen LogP contribution < -0.4 is 21.4 Å². The van der Waals surface area contributed by atoms with Crippen LogP contribution in [0.1, 0.15) is 59.1 Å². The van der Waals surface area contributed by atoms with E-state index in [-0.39, 0.29) is 31.8 Å². The number of likely N-dealkylation sites (N-methyl/N-ethyl adjacent to an activating group) is 1. The normalized spacial score (nSPS) is 14.1. The SMILES string of the molecule is CNC(=O)[C@@H](NC(=O)[C@@](O)(CCN(Cc1ccc(-c2ccccn2)cc1)NC(=O)[C@@H](NC(=O)OC)C(C)(C)C)Cc1ccccc1)C(C)(C)C. The molecule has 0 aliphatic carbocycles. The molecule has 3 atom stereocenters. The number of aliphatic hydroxyl groups is 1. The van der Waals surface area contributed by atoms with Crippen molar-refractivity contribution in [3.8, 4) is 11.3 Å². The molecule has 0 aliphatic heterocycles. The molecule has 0 spiro atoms. The predicted octanol–water partition coefficient (Wildman–Crippen LogP) is 3.99. The Morgan fingerprint density at radius 3 is 1.94 bits per heavy atom. The van der Waals surface area contributed by atoms with Crippen LogP contribution in [-0.4, -0.2) is 77.3 Å². The second kappa shape index (κ2) is 17.2. The summed E-state index contributed by atoms with van der Waals surface area (Å²) >= 11 is 0. The van der Waals surface area contributed by atoms with Crippen LogP contribution in [0, 0.1) is 10.8 Å². The lowest BCUT2D eigenvalue weighted by Gasteiger charge is -2.36. The molecule has 3 rings (SSSR count). The second-order valence-corrected chi connectivity index (χ2v) is 14.6. The molecule has 1 aromatic heterocycles. The summed E-state index contributed by atoms with van der Waals surface area (Å²) in [5.41, 5.74) is 2.88. The number of rotatable bonds is 14. The molecule has 0 unspecified atom stereocenters. The summed E-state index contributed by atoms with van der Waals surface area (Å²) in [7, 11) is 2.72. The van der Waals surface area contributed by atoms with E-state index < -0.39 is 46.4 Å². The van der Waals surface area contributed by atoms with Gasteiger partial charge in [-0.15, -0.1) is 0 Å². The Bertz CT molecular complexity index is 1570. The Kier molecular flexibility index (Phi) is 13.6. The van der Waals surface area contributed by atoms with Crippen molar-refractivity contribution in [1.29, 1.82) is 0 Å². The maximum atomic E-state index is 14.0. The summed E-state index contributed by atoms with van der Waals surface area (Å²) in [6, 6.07) is 20.6. The van der Waals surface area contributed by atoms with Crippen molar-refractivity contribution in [2.75, 3.05) is 20.7 Å². The van der Waals surface area contributed by atoms with Gasteiger partial charge >= 0.3 is 6.09 Å². The number of ether oxygens (including phenoxy) is 1. The molecule has 3 aromatic rings. The number of carbonyl (C=O) groups excluding carboxylic acids is 4. The fourth-order valence-electron chi connectivity index (χ4n) is 5.40. The molecule has 2 aromatic carbocycles. The smallest absolute Gasteiger partial charge is 0.407 e. The lowest BCUT2D eigenvalue weighted by molar-refractivity contribution is -0.145. The lowest BCUT2D eigenvalue weighted by Crippen LogP contribution is -2.60. The number of alkyl carbamates (subject to hydrolysis) is 1. The summed E-state index contributed by atoms with van der Waals surface area (Å²) in [5, 5.41) is 21.8. The number of carbonyl (C=O) groups is 4. The quantitative estimate of drug-likeness (QED) is 0.159. The zero-order valence-electron chi connectivity index (χ0n) is 30.4.